The number of hydrogen-bond donors (Lipinski definition) is 2. The molecule has 3 N–H and O–H groups in total. The Morgan fingerprint density at radius 3 is 2.57 bits per heavy atom. The zero-order valence-electron chi connectivity index (χ0n) is 13.0. The highest BCUT2D eigenvalue weighted by atomic mass is 35.5. The first-order valence-electron chi connectivity index (χ1n) is 7.54. The standard InChI is InChI=1S/C15H21N3O3S.ClH/c1-10-2-5-13(22(20,21)17-12-3-4-12)8-14(10)15(19)18-7-6-11(16)9-18;/h2,5,8,11-12,17H,3-4,6-7,9,16H2,1H3;1H/t11-;/m1./s1. The number of halogens is 1. The SMILES string of the molecule is Cc1ccc(S(=O)(=O)NC2CC2)cc1C(=O)N1CC[C@@H](N)C1.Cl. The number of nitrogens with zero attached hydrogens (tertiary/aromatic N) is 1. The molecular weight excluding hydrogens is 338 g/mol. The molecule has 128 valence electrons. The Hall–Kier alpha value is -1.15. The number of carbonyl (C=O) groups excluding carboxylic acids is 1. The van der Waals surface area contributed by atoms with Crippen LogP contribution >= 0.6 is 12.4 Å². The summed E-state index contributed by atoms with van der Waals surface area (Å²) < 4.78 is 27.2. The van der Waals surface area contributed by atoms with Gasteiger partial charge in [0.1, 0.15) is 0 Å². The van der Waals surface area contributed by atoms with Crippen molar-refractivity contribution in [3.63, 3.8) is 0 Å². The molecule has 0 spiro atoms. The van der Waals surface area contributed by atoms with Gasteiger partial charge in [-0.1, -0.05) is 6.07 Å². The fourth-order valence-electron chi connectivity index (χ4n) is 2.63. The van der Waals surface area contributed by atoms with Crippen LogP contribution in [0.2, 0.25) is 0 Å². The molecule has 1 aromatic carbocycles. The molecule has 23 heavy (non-hydrogen) atoms. The second-order valence-corrected chi connectivity index (χ2v) is 7.89. The Labute approximate surface area is 142 Å². The maximum absolute atomic E-state index is 12.6. The first-order chi connectivity index (χ1) is 10.4. The maximum atomic E-state index is 12.6. The van der Waals surface area contributed by atoms with Crippen molar-refractivity contribution in [2.75, 3.05) is 13.1 Å². The predicted octanol–water partition coefficient (Wildman–Crippen LogP) is 1.03. The van der Waals surface area contributed by atoms with Crippen molar-refractivity contribution in [2.45, 2.75) is 43.2 Å². The highest BCUT2D eigenvalue weighted by Gasteiger charge is 2.30. The van der Waals surface area contributed by atoms with E-state index < -0.39 is 10.0 Å². The van der Waals surface area contributed by atoms with Gasteiger partial charge in [0, 0.05) is 30.7 Å². The number of nitrogens with two attached hydrogens (primary N) is 1. The van der Waals surface area contributed by atoms with Crippen molar-refractivity contribution in [1.29, 1.82) is 0 Å². The van der Waals surface area contributed by atoms with Crippen LogP contribution in [0.15, 0.2) is 23.1 Å². The van der Waals surface area contributed by atoms with Crippen LogP contribution < -0.4 is 10.5 Å². The van der Waals surface area contributed by atoms with Gasteiger partial charge in [-0.05, 0) is 43.9 Å². The van der Waals surface area contributed by atoms with E-state index in [0.29, 0.717) is 18.7 Å². The molecule has 2 fully saturated rings. The molecule has 6 nitrogen and oxygen atoms in total. The van der Waals surface area contributed by atoms with E-state index in [1.807, 2.05) is 6.92 Å². The highest BCUT2D eigenvalue weighted by Crippen LogP contribution is 2.24. The Balaban J connectivity index is 0.00000192. The van der Waals surface area contributed by atoms with E-state index in [4.69, 9.17) is 5.73 Å². The third-order valence-corrected chi connectivity index (χ3v) is 5.68. The van der Waals surface area contributed by atoms with E-state index in [-0.39, 0.29) is 35.3 Å². The fourth-order valence-corrected chi connectivity index (χ4v) is 3.96. The van der Waals surface area contributed by atoms with E-state index in [1.165, 1.54) is 6.07 Å². The molecule has 1 saturated carbocycles. The fraction of sp³-hybridized carbons (Fsp3) is 0.533. The third kappa shape index (κ3) is 4.03. The van der Waals surface area contributed by atoms with Crippen molar-refractivity contribution in [1.82, 2.24) is 9.62 Å². The van der Waals surface area contributed by atoms with Crippen molar-refractivity contribution in [2.24, 2.45) is 5.73 Å². The van der Waals surface area contributed by atoms with Gasteiger partial charge >= 0.3 is 0 Å². The van der Waals surface area contributed by atoms with Gasteiger partial charge in [-0.25, -0.2) is 13.1 Å². The minimum absolute atomic E-state index is 0. The summed E-state index contributed by atoms with van der Waals surface area (Å²) in [6, 6.07) is 4.76. The van der Waals surface area contributed by atoms with Gasteiger partial charge < -0.3 is 10.6 Å². The first-order valence-corrected chi connectivity index (χ1v) is 9.03. The zero-order valence-corrected chi connectivity index (χ0v) is 14.6. The van der Waals surface area contributed by atoms with Gasteiger partial charge in [0.15, 0.2) is 0 Å². The van der Waals surface area contributed by atoms with Crippen LogP contribution in [0.25, 0.3) is 0 Å². The summed E-state index contributed by atoms with van der Waals surface area (Å²) in [6.07, 6.45) is 2.54. The van der Waals surface area contributed by atoms with Crippen molar-refractivity contribution in [3.05, 3.63) is 29.3 Å². The van der Waals surface area contributed by atoms with Gasteiger partial charge in [0.25, 0.3) is 5.91 Å². The molecule has 0 aromatic heterocycles. The monoisotopic (exact) mass is 359 g/mol. The summed E-state index contributed by atoms with van der Waals surface area (Å²) >= 11 is 0. The van der Waals surface area contributed by atoms with E-state index in [9.17, 15) is 13.2 Å². The van der Waals surface area contributed by atoms with Crippen LogP contribution in [-0.4, -0.2) is 44.4 Å². The molecule has 1 saturated heterocycles. The number of hydrogen-bond acceptors (Lipinski definition) is 4. The number of likely N-dealkylation sites (tertiary alicyclic amines) is 1. The van der Waals surface area contributed by atoms with Gasteiger partial charge in [0.05, 0.1) is 4.90 Å². The Morgan fingerprint density at radius 1 is 1.30 bits per heavy atom. The molecule has 3 rings (SSSR count). The third-order valence-electron chi connectivity index (χ3n) is 4.16. The average Bonchev–Trinajstić information content (AvgIpc) is 3.15. The predicted molar refractivity (Wildman–Crippen MR) is 90.3 cm³/mol. The molecule has 1 heterocycles. The second kappa shape index (κ2) is 6.76. The number of aryl methyl sites for hydroxylation is 1. The summed E-state index contributed by atoms with van der Waals surface area (Å²) in [4.78, 5) is 14.4. The van der Waals surface area contributed by atoms with Gasteiger partial charge in [-0.2, -0.15) is 0 Å². The molecular formula is C15H22ClN3O3S. The number of nitrogens with one attached hydrogen (secondary N) is 1. The lowest BCUT2D eigenvalue weighted by Crippen LogP contribution is -2.32. The maximum Gasteiger partial charge on any atom is 0.254 e. The topological polar surface area (TPSA) is 92.5 Å². The van der Waals surface area contributed by atoms with Gasteiger partial charge in [0.2, 0.25) is 10.0 Å². The molecule has 0 bridgehead atoms. The molecule has 1 atom stereocenters. The lowest BCUT2D eigenvalue weighted by atomic mass is 10.1. The Bertz CT molecular complexity index is 704. The second-order valence-electron chi connectivity index (χ2n) is 6.17. The zero-order chi connectivity index (χ0) is 15.9. The lowest BCUT2D eigenvalue weighted by molar-refractivity contribution is 0.0790. The molecule has 1 aromatic rings. The van der Waals surface area contributed by atoms with Crippen LogP contribution in [0.4, 0.5) is 0 Å². The first kappa shape index (κ1) is 18.2. The van der Waals surface area contributed by atoms with E-state index in [2.05, 4.69) is 4.72 Å². The summed E-state index contributed by atoms with van der Waals surface area (Å²) in [5.41, 5.74) is 7.05. The van der Waals surface area contributed by atoms with E-state index >= 15 is 0 Å². The van der Waals surface area contributed by atoms with Crippen molar-refractivity contribution < 1.29 is 13.2 Å². The Morgan fingerprint density at radius 2 is 2.00 bits per heavy atom. The average molecular weight is 360 g/mol. The molecule has 1 aliphatic heterocycles. The largest absolute Gasteiger partial charge is 0.337 e. The van der Waals surface area contributed by atoms with Crippen LogP contribution in [0.1, 0.15) is 35.2 Å². The normalized spacial score (nSPS) is 21.1. The summed E-state index contributed by atoms with van der Waals surface area (Å²) in [7, 11) is -3.55. The highest BCUT2D eigenvalue weighted by molar-refractivity contribution is 7.89. The molecule has 1 amide bonds. The van der Waals surface area contributed by atoms with Crippen LogP contribution in [0, 0.1) is 6.92 Å². The van der Waals surface area contributed by atoms with Crippen LogP contribution in [0.5, 0.6) is 0 Å². The summed E-state index contributed by atoms with van der Waals surface area (Å²) in [5.74, 6) is -0.145. The smallest absolute Gasteiger partial charge is 0.254 e. The minimum atomic E-state index is -3.55. The molecule has 2 aliphatic rings. The van der Waals surface area contributed by atoms with Gasteiger partial charge in [-0.15, -0.1) is 12.4 Å². The number of rotatable bonds is 4. The van der Waals surface area contributed by atoms with E-state index in [1.54, 1.807) is 17.0 Å². The van der Waals surface area contributed by atoms with E-state index in [0.717, 1.165) is 24.8 Å². The van der Waals surface area contributed by atoms with Crippen molar-refractivity contribution in [3.8, 4) is 0 Å². The molecule has 0 radical (unpaired) electrons. The number of sulfonamides is 1. The van der Waals surface area contributed by atoms with Crippen LogP contribution in [-0.2, 0) is 10.0 Å². The quantitative estimate of drug-likeness (QED) is 0.839. The van der Waals surface area contributed by atoms with Crippen molar-refractivity contribution >= 4 is 28.3 Å². The number of benzene rings is 1. The van der Waals surface area contributed by atoms with Gasteiger partial charge in [-0.3, -0.25) is 4.79 Å². The summed E-state index contributed by atoms with van der Waals surface area (Å²) in [6.45, 7) is 2.96. The molecule has 0 unspecified atom stereocenters. The molecule has 1 aliphatic carbocycles. The number of amides is 1. The Kier molecular flexibility index (Phi) is 5.35. The van der Waals surface area contributed by atoms with Crippen LogP contribution in [0.3, 0.4) is 0 Å². The summed E-state index contributed by atoms with van der Waals surface area (Å²) in [5, 5.41) is 0. The number of carbonyl (C=O) groups is 1. The molecule has 8 heteroatoms. The minimum Gasteiger partial charge on any atom is -0.337 e. The lowest BCUT2D eigenvalue weighted by Gasteiger charge is -2.18.